The van der Waals surface area contributed by atoms with E-state index < -0.39 is 0 Å². The third-order valence-electron chi connectivity index (χ3n) is 3.61. The van der Waals surface area contributed by atoms with E-state index in [2.05, 4.69) is 52.0 Å². The highest BCUT2D eigenvalue weighted by atomic mass is 32.1. The molecule has 0 fully saturated rings. The van der Waals surface area contributed by atoms with Gasteiger partial charge in [-0.25, -0.2) is 0 Å². The number of hydrogen-bond acceptors (Lipinski definition) is 1. The van der Waals surface area contributed by atoms with Gasteiger partial charge in [-0.05, 0) is 24.3 Å². The second-order valence-corrected chi connectivity index (χ2v) is 6.04. The molecule has 0 unspecified atom stereocenters. The van der Waals surface area contributed by atoms with Gasteiger partial charge in [0.05, 0.1) is 0 Å². The second kappa shape index (κ2) is 6.30. The summed E-state index contributed by atoms with van der Waals surface area (Å²) >= 11 is 5.64. The Morgan fingerprint density at radius 3 is 2.35 bits per heavy atom. The third kappa shape index (κ3) is 4.23. The monoisotopic (exact) mass is 248 g/mol. The zero-order chi connectivity index (χ0) is 12.9. The molecule has 1 heteroatoms. The molecule has 0 spiro atoms. The molecule has 0 saturated carbocycles. The van der Waals surface area contributed by atoms with Crippen molar-refractivity contribution in [3.05, 3.63) is 35.9 Å². The average Bonchev–Trinajstić information content (AvgIpc) is 2.36. The highest BCUT2D eigenvalue weighted by Crippen LogP contribution is 2.30. The fourth-order valence-electron chi connectivity index (χ4n) is 1.91. The van der Waals surface area contributed by atoms with Crippen molar-refractivity contribution in [2.45, 2.75) is 47.0 Å². The van der Waals surface area contributed by atoms with Crippen LogP contribution in [0.3, 0.4) is 0 Å². The molecular weight excluding hydrogens is 224 g/mol. The Bertz CT molecular complexity index is 351. The predicted molar refractivity (Wildman–Crippen MR) is 80.6 cm³/mol. The van der Waals surface area contributed by atoms with Gasteiger partial charge in [-0.15, -0.1) is 0 Å². The van der Waals surface area contributed by atoms with E-state index in [0.717, 1.165) is 10.8 Å². The number of rotatable bonds is 6. The molecule has 0 amide bonds. The molecule has 0 aliphatic carbocycles. The van der Waals surface area contributed by atoms with Gasteiger partial charge < -0.3 is 0 Å². The molecule has 0 saturated heterocycles. The van der Waals surface area contributed by atoms with E-state index in [-0.39, 0.29) is 5.41 Å². The van der Waals surface area contributed by atoms with Gasteiger partial charge in [-0.1, -0.05) is 76.7 Å². The van der Waals surface area contributed by atoms with Gasteiger partial charge in [0.25, 0.3) is 0 Å². The Labute approximate surface area is 111 Å². The van der Waals surface area contributed by atoms with Crippen LogP contribution in [0.1, 0.15) is 52.5 Å². The Morgan fingerprint density at radius 2 is 1.82 bits per heavy atom. The van der Waals surface area contributed by atoms with Crippen LogP contribution in [0.25, 0.3) is 0 Å². The minimum atomic E-state index is 0.125. The molecule has 1 atom stereocenters. The van der Waals surface area contributed by atoms with E-state index in [4.69, 9.17) is 12.2 Å². The van der Waals surface area contributed by atoms with Crippen LogP contribution in [-0.2, 0) is 0 Å². The Balaban J connectivity index is 2.67. The molecule has 0 radical (unpaired) electrons. The summed E-state index contributed by atoms with van der Waals surface area (Å²) in [6.07, 6.45) is 3.69. The van der Waals surface area contributed by atoms with Gasteiger partial charge in [0, 0.05) is 10.3 Å². The van der Waals surface area contributed by atoms with Crippen molar-refractivity contribution in [1.82, 2.24) is 0 Å². The lowest BCUT2D eigenvalue weighted by Crippen LogP contribution is -2.24. The topological polar surface area (TPSA) is 0 Å². The lowest BCUT2D eigenvalue weighted by atomic mass is 9.79. The summed E-state index contributed by atoms with van der Waals surface area (Å²) in [5.41, 5.74) is 1.33. The normalized spacial score (nSPS) is 13.4. The summed E-state index contributed by atoms with van der Waals surface area (Å²) in [5.74, 6) is 0.799. The van der Waals surface area contributed by atoms with Crippen molar-refractivity contribution < 1.29 is 0 Å². The van der Waals surface area contributed by atoms with Crippen LogP contribution in [0.2, 0.25) is 0 Å². The number of thiocarbonyl (C=S) groups is 1. The Kier molecular flexibility index (Phi) is 5.32. The van der Waals surface area contributed by atoms with Crippen LogP contribution in [-0.4, -0.2) is 4.86 Å². The van der Waals surface area contributed by atoms with Crippen LogP contribution in [0.15, 0.2) is 30.3 Å². The molecule has 94 valence electrons. The van der Waals surface area contributed by atoms with E-state index in [1.54, 1.807) is 0 Å². The largest absolute Gasteiger partial charge is 0.0837 e. The molecule has 0 aromatic heterocycles. The van der Waals surface area contributed by atoms with Crippen LogP contribution in [0.4, 0.5) is 0 Å². The predicted octanol–water partition coefficient (Wildman–Crippen LogP) is 5.26. The van der Waals surface area contributed by atoms with Gasteiger partial charge >= 0.3 is 0 Å². The van der Waals surface area contributed by atoms with E-state index in [1.165, 1.54) is 24.8 Å². The third-order valence-corrected chi connectivity index (χ3v) is 4.40. The first-order valence-electron chi connectivity index (χ1n) is 6.57. The highest BCUT2D eigenvalue weighted by molar-refractivity contribution is 7.81. The zero-order valence-electron chi connectivity index (χ0n) is 11.5. The van der Waals surface area contributed by atoms with Crippen molar-refractivity contribution in [1.29, 1.82) is 0 Å². The summed E-state index contributed by atoms with van der Waals surface area (Å²) in [7, 11) is 0. The number of benzene rings is 1. The second-order valence-electron chi connectivity index (χ2n) is 5.63. The molecule has 0 nitrogen and oxygen atoms in total. The first-order chi connectivity index (χ1) is 7.97. The fraction of sp³-hybridized carbons (Fsp3) is 0.562. The Hall–Kier alpha value is -0.690. The summed E-state index contributed by atoms with van der Waals surface area (Å²) in [6.45, 7) is 9.12. The van der Waals surface area contributed by atoms with Gasteiger partial charge in [-0.3, -0.25) is 0 Å². The molecular formula is C16H24S. The van der Waals surface area contributed by atoms with Crippen molar-refractivity contribution in [3.63, 3.8) is 0 Å². The van der Waals surface area contributed by atoms with Gasteiger partial charge in [0.15, 0.2) is 0 Å². The molecule has 1 aromatic carbocycles. The summed E-state index contributed by atoms with van der Waals surface area (Å²) in [4.78, 5) is 1.10. The quantitative estimate of drug-likeness (QED) is 0.489. The van der Waals surface area contributed by atoms with Gasteiger partial charge in [0.1, 0.15) is 0 Å². The van der Waals surface area contributed by atoms with Crippen molar-refractivity contribution in [2.24, 2.45) is 11.3 Å². The maximum atomic E-state index is 5.64. The maximum absolute atomic E-state index is 5.64. The van der Waals surface area contributed by atoms with E-state index in [0.29, 0.717) is 0 Å². The first kappa shape index (κ1) is 14.4. The lowest BCUT2D eigenvalue weighted by Gasteiger charge is -2.27. The van der Waals surface area contributed by atoms with Crippen LogP contribution in [0.5, 0.6) is 0 Å². The first-order valence-corrected chi connectivity index (χ1v) is 6.98. The van der Waals surface area contributed by atoms with Crippen LogP contribution >= 0.6 is 12.2 Å². The minimum Gasteiger partial charge on any atom is -0.0837 e. The standard InChI is InChI=1S/C16H24S/c1-5-13(2)11-12-16(3,4)15(17)14-9-7-6-8-10-14/h6-10,13H,5,11-12H2,1-4H3/t13-/m0/s1. The highest BCUT2D eigenvalue weighted by Gasteiger charge is 2.24. The van der Waals surface area contributed by atoms with E-state index >= 15 is 0 Å². The Morgan fingerprint density at radius 1 is 1.24 bits per heavy atom. The number of hydrogen-bond donors (Lipinski definition) is 0. The summed E-state index contributed by atoms with van der Waals surface area (Å²) in [5, 5.41) is 0. The van der Waals surface area contributed by atoms with Gasteiger partial charge in [0.2, 0.25) is 0 Å². The molecule has 0 bridgehead atoms. The van der Waals surface area contributed by atoms with Crippen molar-refractivity contribution in [2.75, 3.05) is 0 Å². The summed E-state index contributed by atoms with van der Waals surface area (Å²) < 4.78 is 0. The van der Waals surface area contributed by atoms with Crippen molar-refractivity contribution >= 4 is 17.1 Å². The molecule has 0 N–H and O–H groups in total. The minimum absolute atomic E-state index is 0.125. The molecule has 1 aromatic rings. The van der Waals surface area contributed by atoms with Gasteiger partial charge in [-0.2, -0.15) is 0 Å². The van der Waals surface area contributed by atoms with E-state index in [1.807, 2.05) is 6.07 Å². The zero-order valence-corrected chi connectivity index (χ0v) is 12.3. The average molecular weight is 248 g/mol. The SMILES string of the molecule is CC[C@H](C)CCC(C)(C)C(=S)c1ccccc1. The molecule has 0 heterocycles. The lowest BCUT2D eigenvalue weighted by molar-refractivity contribution is 0.393. The molecule has 0 aliphatic rings. The molecule has 17 heavy (non-hydrogen) atoms. The van der Waals surface area contributed by atoms with E-state index in [9.17, 15) is 0 Å². The van der Waals surface area contributed by atoms with Crippen LogP contribution < -0.4 is 0 Å². The summed E-state index contributed by atoms with van der Waals surface area (Å²) in [6, 6.07) is 10.4. The molecule has 0 aliphatic heterocycles. The van der Waals surface area contributed by atoms with Crippen LogP contribution in [0, 0.1) is 11.3 Å². The fourth-order valence-corrected chi connectivity index (χ4v) is 2.14. The smallest absolute Gasteiger partial charge is 0.0280 e. The van der Waals surface area contributed by atoms with Crippen molar-refractivity contribution in [3.8, 4) is 0 Å². The maximum Gasteiger partial charge on any atom is 0.0280 e. The molecule has 1 rings (SSSR count).